The van der Waals surface area contributed by atoms with Crippen LogP contribution in [0.1, 0.15) is 27.0 Å². The van der Waals surface area contributed by atoms with Crippen molar-refractivity contribution in [2.75, 3.05) is 0 Å². The van der Waals surface area contributed by atoms with Crippen LogP contribution < -0.4 is 0 Å². The van der Waals surface area contributed by atoms with Crippen LogP contribution in [-0.2, 0) is 0 Å². The molecular weight excluding hydrogens is 376 g/mol. The van der Waals surface area contributed by atoms with Gasteiger partial charge in [-0.25, -0.2) is 14.8 Å². The topological polar surface area (TPSA) is 88.9 Å². The summed E-state index contributed by atoms with van der Waals surface area (Å²) in [7, 11) is 0. The molecule has 0 aliphatic rings. The van der Waals surface area contributed by atoms with Crippen LogP contribution in [0.15, 0.2) is 60.9 Å². The quantitative estimate of drug-likeness (QED) is 0.528. The largest absolute Gasteiger partial charge is 0.478 e. The molecule has 1 N–H and O–H groups in total. The molecular formula is C24H20N4O2. The number of carboxylic acids is 1. The first-order chi connectivity index (χ1) is 14.4. The number of aromatic nitrogens is 4. The Morgan fingerprint density at radius 1 is 0.633 bits per heavy atom. The van der Waals surface area contributed by atoms with E-state index in [1.807, 2.05) is 57.2 Å². The maximum absolute atomic E-state index is 11.3. The number of carbonyl (C=O) groups is 1. The van der Waals surface area contributed by atoms with E-state index in [2.05, 4.69) is 9.97 Å². The van der Waals surface area contributed by atoms with Gasteiger partial charge in [0.2, 0.25) is 0 Å². The van der Waals surface area contributed by atoms with E-state index in [9.17, 15) is 9.90 Å². The minimum absolute atomic E-state index is 0.173. The molecule has 0 aliphatic carbocycles. The van der Waals surface area contributed by atoms with Crippen molar-refractivity contribution in [2.24, 2.45) is 0 Å². The van der Waals surface area contributed by atoms with E-state index in [-0.39, 0.29) is 5.56 Å². The highest BCUT2D eigenvalue weighted by molar-refractivity contribution is 5.88. The average molecular weight is 396 g/mol. The van der Waals surface area contributed by atoms with E-state index in [1.54, 1.807) is 6.20 Å². The van der Waals surface area contributed by atoms with Gasteiger partial charge in [0, 0.05) is 12.4 Å². The van der Waals surface area contributed by atoms with Crippen LogP contribution >= 0.6 is 0 Å². The van der Waals surface area contributed by atoms with E-state index in [4.69, 9.17) is 9.97 Å². The predicted molar refractivity (Wildman–Crippen MR) is 115 cm³/mol. The molecule has 0 amide bonds. The molecule has 4 rings (SSSR count). The number of nitrogens with zero attached hydrogens (tertiary/aromatic N) is 4. The summed E-state index contributed by atoms with van der Waals surface area (Å²) in [5.74, 6) is -0.998. The molecule has 6 nitrogen and oxygen atoms in total. The molecule has 148 valence electrons. The molecule has 0 radical (unpaired) electrons. The van der Waals surface area contributed by atoms with Crippen molar-refractivity contribution in [2.45, 2.75) is 20.8 Å². The van der Waals surface area contributed by atoms with Crippen LogP contribution in [0.5, 0.6) is 0 Å². The lowest BCUT2D eigenvalue weighted by Gasteiger charge is -2.10. The minimum atomic E-state index is -0.998. The van der Waals surface area contributed by atoms with E-state index < -0.39 is 5.97 Å². The summed E-state index contributed by atoms with van der Waals surface area (Å²) < 4.78 is 0. The van der Waals surface area contributed by atoms with E-state index in [0.29, 0.717) is 17.1 Å². The second-order valence-electron chi connectivity index (χ2n) is 7.28. The second kappa shape index (κ2) is 7.83. The Kier molecular flexibility index (Phi) is 5.06. The Balaban J connectivity index is 1.82. The number of pyridine rings is 4. The molecule has 6 heteroatoms. The SMILES string of the molecule is Cc1ccnc(-c2cc(C)cc(-c3cc(C)cc(-c4cc(C(=O)O)ccn4)n3)n2)c1. The molecule has 0 saturated carbocycles. The summed E-state index contributed by atoms with van der Waals surface area (Å²) in [6, 6.07) is 14.8. The molecule has 4 heterocycles. The molecule has 0 bridgehead atoms. The Morgan fingerprint density at radius 2 is 1.07 bits per heavy atom. The molecule has 30 heavy (non-hydrogen) atoms. The Labute approximate surface area is 174 Å². The minimum Gasteiger partial charge on any atom is -0.478 e. The number of hydrogen-bond acceptors (Lipinski definition) is 5. The summed E-state index contributed by atoms with van der Waals surface area (Å²) in [5, 5.41) is 9.27. The lowest BCUT2D eigenvalue weighted by molar-refractivity contribution is 0.0697. The van der Waals surface area contributed by atoms with Gasteiger partial charge in [0.25, 0.3) is 0 Å². The Morgan fingerprint density at radius 3 is 1.57 bits per heavy atom. The van der Waals surface area contributed by atoms with Gasteiger partial charge in [-0.3, -0.25) is 9.97 Å². The zero-order valence-corrected chi connectivity index (χ0v) is 16.9. The highest BCUT2D eigenvalue weighted by Gasteiger charge is 2.12. The van der Waals surface area contributed by atoms with Crippen molar-refractivity contribution in [3.8, 4) is 34.2 Å². The standard InChI is InChI=1S/C24H20N4O2/c1-14-4-6-25-18(8-14)20-9-15(2)11-22(27-20)23-12-16(3)10-21(28-23)19-13-17(24(29)30)5-7-26-19/h4-13H,1-3H3,(H,29,30). The smallest absolute Gasteiger partial charge is 0.335 e. The Hall–Kier alpha value is -3.93. The third-order valence-corrected chi connectivity index (χ3v) is 4.65. The van der Waals surface area contributed by atoms with Crippen molar-refractivity contribution in [3.63, 3.8) is 0 Å². The van der Waals surface area contributed by atoms with Gasteiger partial charge in [0.05, 0.1) is 39.7 Å². The first-order valence-electron chi connectivity index (χ1n) is 9.49. The monoisotopic (exact) mass is 396 g/mol. The van der Waals surface area contributed by atoms with Gasteiger partial charge in [-0.1, -0.05) is 0 Å². The fraction of sp³-hybridized carbons (Fsp3) is 0.125. The van der Waals surface area contributed by atoms with Gasteiger partial charge in [0.15, 0.2) is 0 Å². The molecule has 4 aromatic heterocycles. The number of rotatable bonds is 4. The van der Waals surface area contributed by atoms with Gasteiger partial charge < -0.3 is 5.11 Å². The maximum atomic E-state index is 11.3. The first-order valence-corrected chi connectivity index (χ1v) is 9.49. The normalized spacial score (nSPS) is 10.8. The van der Waals surface area contributed by atoms with Crippen LogP contribution in [0, 0.1) is 20.8 Å². The maximum Gasteiger partial charge on any atom is 0.335 e. The third-order valence-electron chi connectivity index (χ3n) is 4.65. The van der Waals surface area contributed by atoms with Crippen LogP contribution in [0.3, 0.4) is 0 Å². The lowest BCUT2D eigenvalue weighted by atomic mass is 10.1. The van der Waals surface area contributed by atoms with Crippen LogP contribution in [0.2, 0.25) is 0 Å². The summed E-state index contributed by atoms with van der Waals surface area (Å²) >= 11 is 0. The van der Waals surface area contributed by atoms with E-state index >= 15 is 0 Å². The molecule has 0 aliphatic heterocycles. The summed E-state index contributed by atoms with van der Waals surface area (Å²) in [6.07, 6.45) is 3.26. The number of aromatic carboxylic acids is 1. The molecule has 0 atom stereocenters. The van der Waals surface area contributed by atoms with Gasteiger partial charge in [0.1, 0.15) is 0 Å². The number of carboxylic acid groups (broad SMARTS) is 1. The van der Waals surface area contributed by atoms with Crippen LogP contribution in [0.25, 0.3) is 34.2 Å². The molecule has 0 spiro atoms. The fourth-order valence-electron chi connectivity index (χ4n) is 3.24. The van der Waals surface area contributed by atoms with Crippen molar-refractivity contribution < 1.29 is 9.90 Å². The number of hydrogen-bond donors (Lipinski definition) is 1. The lowest BCUT2D eigenvalue weighted by Crippen LogP contribution is -1.99. The van der Waals surface area contributed by atoms with Crippen molar-refractivity contribution in [1.82, 2.24) is 19.9 Å². The Bertz CT molecular complexity index is 1270. The van der Waals surface area contributed by atoms with Crippen LogP contribution in [0.4, 0.5) is 0 Å². The van der Waals surface area contributed by atoms with E-state index in [1.165, 1.54) is 18.3 Å². The molecule has 4 aromatic rings. The van der Waals surface area contributed by atoms with Gasteiger partial charge >= 0.3 is 5.97 Å². The molecule has 0 unspecified atom stereocenters. The summed E-state index contributed by atoms with van der Waals surface area (Å²) in [6.45, 7) is 6.00. The van der Waals surface area contributed by atoms with Gasteiger partial charge in [-0.05, 0) is 86.0 Å². The van der Waals surface area contributed by atoms with Crippen molar-refractivity contribution in [3.05, 3.63) is 83.2 Å². The molecule has 0 aromatic carbocycles. The third kappa shape index (κ3) is 4.07. The number of aryl methyl sites for hydroxylation is 3. The zero-order chi connectivity index (χ0) is 21.3. The van der Waals surface area contributed by atoms with Crippen LogP contribution in [-0.4, -0.2) is 31.0 Å². The van der Waals surface area contributed by atoms with Gasteiger partial charge in [-0.2, -0.15) is 0 Å². The van der Waals surface area contributed by atoms with E-state index in [0.717, 1.165) is 33.8 Å². The highest BCUT2D eigenvalue weighted by atomic mass is 16.4. The van der Waals surface area contributed by atoms with Gasteiger partial charge in [-0.15, -0.1) is 0 Å². The second-order valence-corrected chi connectivity index (χ2v) is 7.28. The summed E-state index contributed by atoms with van der Waals surface area (Å²) in [4.78, 5) is 29.6. The fourth-order valence-corrected chi connectivity index (χ4v) is 3.24. The van der Waals surface area contributed by atoms with Crippen molar-refractivity contribution >= 4 is 5.97 Å². The van der Waals surface area contributed by atoms with Crippen molar-refractivity contribution in [1.29, 1.82) is 0 Å². The molecule has 0 saturated heterocycles. The first kappa shape index (κ1) is 19.4. The average Bonchev–Trinajstić information content (AvgIpc) is 2.73. The molecule has 0 fully saturated rings. The summed E-state index contributed by atoms with van der Waals surface area (Å²) in [5.41, 5.74) is 7.45. The predicted octanol–water partition coefficient (Wildman–Crippen LogP) is 4.89. The highest BCUT2D eigenvalue weighted by Crippen LogP contribution is 2.26. The zero-order valence-electron chi connectivity index (χ0n) is 16.9.